The predicted molar refractivity (Wildman–Crippen MR) is 169 cm³/mol. The fraction of sp³-hybridized carbons (Fsp3) is 0.844. The molecule has 0 amide bonds. The molecule has 0 heterocycles. The number of carbonyl (C=O) groups excluding carboxylic acids is 2. The van der Waals surface area contributed by atoms with Crippen molar-refractivity contribution in [2.75, 3.05) is 47.5 Å². The van der Waals surface area contributed by atoms with E-state index in [9.17, 15) is 19.0 Å². The number of carbonyl (C=O) groups is 2. The summed E-state index contributed by atoms with van der Waals surface area (Å²) in [5, 5.41) is 0. The maximum absolute atomic E-state index is 12.5. The Bertz CT molecular complexity index is 753. The number of nitrogens with zero attached hydrogens (tertiary/aromatic N) is 1. The lowest BCUT2D eigenvalue weighted by Crippen LogP contribution is -2.37. The third-order valence-corrected chi connectivity index (χ3v) is 7.66. The number of phosphoric acid groups is 1. The Kier molecular flexibility index (Phi) is 25.4. The van der Waals surface area contributed by atoms with E-state index in [4.69, 9.17) is 18.5 Å². The molecule has 248 valence electrons. The van der Waals surface area contributed by atoms with Gasteiger partial charge in [-0.2, -0.15) is 6.42 Å². The summed E-state index contributed by atoms with van der Waals surface area (Å²) in [6, 6.07) is 0. The van der Waals surface area contributed by atoms with Gasteiger partial charge in [-0.1, -0.05) is 83.3 Å². The van der Waals surface area contributed by atoms with E-state index in [-0.39, 0.29) is 32.0 Å². The number of allylic oxidation sites excluding steroid dienone is 2. The van der Waals surface area contributed by atoms with Crippen molar-refractivity contribution in [3.05, 3.63) is 19.1 Å². The first-order valence-electron chi connectivity index (χ1n) is 16.2. The van der Waals surface area contributed by atoms with Gasteiger partial charge in [0.2, 0.25) is 0 Å². The maximum Gasteiger partial charge on any atom is 0.472 e. The van der Waals surface area contributed by atoms with Crippen LogP contribution < -0.4 is 0 Å². The normalized spacial score (nSPS) is 14.1. The standard InChI is InChI=1S/C32H62NO8P/c1-6-8-10-12-14-16-17-19-21-23-25-32(35)41-30(29-40-42(36,37)39-27-26-33(3,4)5)28-38-31(34)24-22-20-18-15-13-11-9-7-2/h10,12,30H,2,6-9,11,13-29H2,1,3-5H3,(H,36,37)/b12-10-/t30-/m1/s1. The second-order valence-electron chi connectivity index (χ2n) is 12.1. The molecule has 1 N–H and O–H groups in total. The topological polar surface area (TPSA) is 108 Å². The molecular formula is C32H62NO8P. The average molecular weight is 620 g/mol. The molecule has 0 saturated carbocycles. The Morgan fingerprint density at radius 2 is 1.33 bits per heavy atom. The predicted octanol–water partition coefficient (Wildman–Crippen LogP) is 7.71. The molecule has 0 saturated heterocycles. The van der Waals surface area contributed by atoms with Gasteiger partial charge < -0.3 is 25.8 Å². The molecule has 0 aliphatic heterocycles. The Balaban J connectivity index is 4.54. The van der Waals surface area contributed by atoms with Crippen molar-refractivity contribution in [3.63, 3.8) is 0 Å². The zero-order valence-electron chi connectivity index (χ0n) is 27.2. The minimum Gasteiger partial charge on any atom is -0.462 e. The van der Waals surface area contributed by atoms with E-state index in [0.29, 0.717) is 17.4 Å². The van der Waals surface area contributed by atoms with Gasteiger partial charge >= 0.3 is 19.8 Å². The first kappa shape index (κ1) is 40.8. The number of quaternary nitrogens is 1. The molecule has 0 bridgehead atoms. The van der Waals surface area contributed by atoms with E-state index in [1.54, 1.807) is 0 Å². The summed E-state index contributed by atoms with van der Waals surface area (Å²) in [6.45, 7) is 5.92. The van der Waals surface area contributed by atoms with Crippen LogP contribution in [0.25, 0.3) is 0 Å². The highest BCUT2D eigenvalue weighted by Gasteiger charge is 2.27. The number of unbranched alkanes of at least 4 members (excludes halogenated alkanes) is 13. The SMILES string of the molecule is [CH2-]CCCCCCCCCC(=O)OC[C@H](COP(=O)(O)OCC[N+](C)(C)C)OC(=O)CCCCCCC/C=C\CCC. The van der Waals surface area contributed by atoms with E-state index in [0.717, 1.165) is 77.0 Å². The quantitative estimate of drug-likeness (QED) is 0.0226. The minimum absolute atomic E-state index is 0.0293. The Morgan fingerprint density at radius 3 is 1.93 bits per heavy atom. The van der Waals surface area contributed by atoms with E-state index in [1.807, 2.05) is 21.1 Å². The third-order valence-electron chi connectivity index (χ3n) is 6.67. The molecule has 1 unspecified atom stereocenters. The molecule has 10 heteroatoms. The first-order valence-corrected chi connectivity index (χ1v) is 17.7. The van der Waals surface area contributed by atoms with Gasteiger partial charge in [-0.3, -0.25) is 18.6 Å². The molecule has 9 nitrogen and oxygen atoms in total. The van der Waals surface area contributed by atoms with E-state index in [2.05, 4.69) is 26.0 Å². The number of hydrogen-bond donors (Lipinski definition) is 1. The van der Waals surface area contributed by atoms with E-state index in [1.165, 1.54) is 19.3 Å². The van der Waals surface area contributed by atoms with Crippen LogP contribution in [0.5, 0.6) is 0 Å². The van der Waals surface area contributed by atoms with Crippen LogP contribution in [0.4, 0.5) is 0 Å². The largest absolute Gasteiger partial charge is 0.472 e. The summed E-state index contributed by atoms with van der Waals surface area (Å²) < 4.78 is 33.9. The highest BCUT2D eigenvalue weighted by molar-refractivity contribution is 7.47. The van der Waals surface area contributed by atoms with Crippen LogP contribution in [-0.2, 0) is 32.7 Å². The van der Waals surface area contributed by atoms with Crippen molar-refractivity contribution in [2.24, 2.45) is 0 Å². The van der Waals surface area contributed by atoms with Crippen molar-refractivity contribution >= 4 is 19.8 Å². The Hall–Kier alpha value is -1.25. The lowest BCUT2D eigenvalue weighted by molar-refractivity contribution is -0.870. The smallest absolute Gasteiger partial charge is 0.462 e. The van der Waals surface area contributed by atoms with Gasteiger partial charge in [0.05, 0.1) is 27.7 Å². The van der Waals surface area contributed by atoms with Crippen molar-refractivity contribution in [2.45, 2.75) is 129 Å². The zero-order chi connectivity index (χ0) is 31.5. The minimum atomic E-state index is -4.36. The number of ether oxygens (including phenoxy) is 2. The Morgan fingerprint density at radius 1 is 0.786 bits per heavy atom. The molecule has 0 aliphatic rings. The van der Waals surface area contributed by atoms with Gasteiger partial charge in [0.25, 0.3) is 0 Å². The average Bonchev–Trinajstić information content (AvgIpc) is 2.92. The van der Waals surface area contributed by atoms with Crippen LogP contribution in [0.3, 0.4) is 0 Å². The number of phosphoric ester groups is 1. The molecule has 2 atom stereocenters. The molecule has 0 radical (unpaired) electrons. The van der Waals surface area contributed by atoms with Crippen molar-refractivity contribution < 1.29 is 42.1 Å². The molecule has 0 rings (SSSR count). The van der Waals surface area contributed by atoms with Gasteiger partial charge in [0.1, 0.15) is 19.8 Å². The molecule has 0 fully saturated rings. The number of likely N-dealkylation sites (N-methyl/N-ethyl adjacent to an activating group) is 1. The van der Waals surface area contributed by atoms with Gasteiger partial charge in [-0.15, -0.1) is 0 Å². The van der Waals surface area contributed by atoms with E-state index >= 15 is 0 Å². The van der Waals surface area contributed by atoms with Crippen LogP contribution in [0.1, 0.15) is 122 Å². The summed E-state index contributed by atoms with van der Waals surface area (Å²) in [6.07, 6.45) is 20.7. The van der Waals surface area contributed by atoms with Crippen LogP contribution in [-0.4, -0.2) is 74.9 Å². The molecule has 0 aliphatic carbocycles. The van der Waals surface area contributed by atoms with Gasteiger partial charge in [-0.05, 0) is 32.1 Å². The summed E-state index contributed by atoms with van der Waals surface area (Å²) in [7, 11) is 1.46. The van der Waals surface area contributed by atoms with Crippen LogP contribution in [0, 0.1) is 6.92 Å². The lowest BCUT2D eigenvalue weighted by Gasteiger charge is -2.24. The summed E-state index contributed by atoms with van der Waals surface area (Å²) in [5.74, 6) is -0.830. The highest BCUT2D eigenvalue weighted by atomic mass is 31.2. The number of hydrogen-bond acceptors (Lipinski definition) is 7. The van der Waals surface area contributed by atoms with E-state index < -0.39 is 26.5 Å². The van der Waals surface area contributed by atoms with Crippen LogP contribution in [0.2, 0.25) is 0 Å². The molecule has 0 aromatic rings. The van der Waals surface area contributed by atoms with Crippen LogP contribution >= 0.6 is 7.82 Å². The number of esters is 2. The van der Waals surface area contributed by atoms with Gasteiger partial charge in [-0.25, -0.2) is 4.57 Å². The van der Waals surface area contributed by atoms with Gasteiger partial charge in [0, 0.05) is 12.8 Å². The second kappa shape index (κ2) is 26.2. The molecular weight excluding hydrogens is 557 g/mol. The fourth-order valence-electron chi connectivity index (χ4n) is 4.06. The summed E-state index contributed by atoms with van der Waals surface area (Å²) in [5.41, 5.74) is 0. The fourth-order valence-corrected chi connectivity index (χ4v) is 4.80. The van der Waals surface area contributed by atoms with Crippen molar-refractivity contribution in [1.82, 2.24) is 0 Å². The third kappa shape index (κ3) is 28.9. The lowest BCUT2D eigenvalue weighted by atomic mass is 10.1. The molecule has 42 heavy (non-hydrogen) atoms. The highest BCUT2D eigenvalue weighted by Crippen LogP contribution is 2.43. The molecule has 0 aromatic heterocycles. The Labute approximate surface area is 256 Å². The van der Waals surface area contributed by atoms with Gasteiger partial charge in [0.15, 0.2) is 6.10 Å². The molecule has 0 aromatic carbocycles. The van der Waals surface area contributed by atoms with Crippen LogP contribution in [0.15, 0.2) is 12.2 Å². The van der Waals surface area contributed by atoms with Crippen molar-refractivity contribution in [1.29, 1.82) is 0 Å². The zero-order valence-corrected chi connectivity index (χ0v) is 28.1. The summed E-state index contributed by atoms with van der Waals surface area (Å²) in [4.78, 5) is 34.8. The first-order chi connectivity index (χ1) is 20.0. The van der Waals surface area contributed by atoms with Crippen molar-refractivity contribution in [3.8, 4) is 0 Å². The maximum atomic E-state index is 12.5. The second-order valence-corrected chi connectivity index (χ2v) is 13.5. The molecule has 0 spiro atoms. The monoisotopic (exact) mass is 619 g/mol. The number of rotatable bonds is 29. The summed E-state index contributed by atoms with van der Waals surface area (Å²) >= 11 is 0.